The summed E-state index contributed by atoms with van der Waals surface area (Å²) in [7, 11) is 0. The Morgan fingerprint density at radius 1 is 1.14 bits per heavy atom. The molecule has 0 N–H and O–H groups in total. The average molecular weight is 307 g/mol. The quantitative estimate of drug-likeness (QED) is 0.813. The molecule has 1 aliphatic heterocycles. The third kappa shape index (κ3) is 2.94. The van der Waals surface area contributed by atoms with Gasteiger partial charge in [-0.1, -0.05) is 11.6 Å². The molecule has 1 unspecified atom stereocenters. The molecule has 0 aliphatic carbocycles. The van der Waals surface area contributed by atoms with Crippen LogP contribution in [0.3, 0.4) is 0 Å². The lowest BCUT2D eigenvalue weighted by Crippen LogP contribution is -2.41. The van der Waals surface area contributed by atoms with Crippen molar-refractivity contribution in [1.29, 1.82) is 0 Å². The van der Waals surface area contributed by atoms with Crippen LogP contribution >= 0.6 is 11.6 Å². The van der Waals surface area contributed by atoms with E-state index in [-0.39, 0.29) is 6.10 Å². The zero-order chi connectivity index (χ0) is 14.8. The Morgan fingerprint density at radius 3 is 2.57 bits per heavy atom. The van der Waals surface area contributed by atoms with E-state index in [1.165, 1.54) is 9.13 Å². The Morgan fingerprint density at radius 2 is 1.90 bits per heavy atom. The van der Waals surface area contributed by atoms with Crippen molar-refractivity contribution in [3.8, 4) is 5.69 Å². The van der Waals surface area contributed by atoms with Crippen LogP contribution in [0.4, 0.5) is 0 Å². The van der Waals surface area contributed by atoms with E-state index in [2.05, 4.69) is 0 Å². The third-order valence-corrected chi connectivity index (χ3v) is 3.84. The second kappa shape index (κ2) is 5.87. The number of rotatable bonds is 3. The van der Waals surface area contributed by atoms with Crippen molar-refractivity contribution in [2.24, 2.45) is 0 Å². The minimum atomic E-state index is -0.571. The van der Waals surface area contributed by atoms with Gasteiger partial charge in [0.15, 0.2) is 0 Å². The van der Waals surface area contributed by atoms with Crippen molar-refractivity contribution in [3.63, 3.8) is 0 Å². The molecule has 0 bridgehead atoms. The predicted octanol–water partition coefficient (Wildman–Crippen LogP) is 1.83. The number of hydrogen-bond donors (Lipinski definition) is 0. The second-order valence-corrected chi connectivity index (χ2v) is 5.48. The van der Waals surface area contributed by atoms with Crippen LogP contribution in [-0.4, -0.2) is 21.8 Å². The van der Waals surface area contributed by atoms with Crippen LogP contribution in [0.2, 0.25) is 5.02 Å². The van der Waals surface area contributed by atoms with Crippen LogP contribution in [0.15, 0.2) is 46.2 Å². The molecule has 3 rings (SSSR count). The van der Waals surface area contributed by atoms with Gasteiger partial charge in [-0.15, -0.1) is 0 Å². The Labute approximate surface area is 126 Å². The molecule has 0 radical (unpaired) electrons. The highest BCUT2D eigenvalue weighted by atomic mass is 35.5. The van der Waals surface area contributed by atoms with E-state index < -0.39 is 11.1 Å². The van der Waals surface area contributed by atoms with E-state index in [0.717, 1.165) is 19.4 Å². The summed E-state index contributed by atoms with van der Waals surface area (Å²) < 4.78 is 8.24. The molecule has 1 aromatic heterocycles. The first-order valence-electron chi connectivity index (χ1n) is 6.85. The molecule has 0 amide bonds. The van der Waals surface area contributed by atoms with Crippen LogP contribution in [0.1, 0.15) is 12.8 Å². The molecule has 110 valence electrons. The summed E-state index contributed by atoms with van der Waals surface area (Å²) in [6, 6.07) is 6.77. The lowest BCUT2D eigenvalue weighted by Gasteiger charge is -2.12. The summed E-state index contributed by atoms with van der Waals surface area (Å²) in [6.45, 7) is 1.15. The first-order chi connectivity index (χ1) is 10.1. The van der Waals surface area contributed by atoms with Gasteiger partial charge in [-0.05, 0) is 37.1 Å². The zero-order valence-electron chi connectivity index (χ0n) is 11.4. The molecule has 0 saturated carbocycles. The maximum Gasteiger partial charge on any atom is 0.320 e. The van der Waals surface area contributed by atoms with E-state index in [0.29, 0.717) is 17.3 Å². The highest BCUT2D eigenvalue weighted by Gasteiger charge is 2.17. The largest absolute Gasteiger partial charge is 0.376 e. The number of hydrogen-bond acceptors (Lipinski definition) is 3. The monoisotopic (exact) mass is 306 g/mol. The van der Waals surface area contributed by atoms with Crippen LogP contribution in [0.25, 0.3) is 5.69 Å². The van der Waals surface area contributed by atoms with E-state index in [1.54, 1.807) is 36.7 Å². The summed E-state index contributed by atoms with van der Waals surface area (Å²) in [5.74, 6) is 0. The van der Waals surface area contributed by atoms with Crippen molar-refractivity contribution in [1.82, 2.24) is 9.13 Å². The fourth-order valence-electron chi connectivity index (χ4n) is 2.46. The molecule has 0 spiro atoms. The lowest BCUT2D eigenvalue weighted by atomic mass is 10.2. The van der Waals surface area contributed by atoms with Crippen LogP contribution in [-0.2, 0) is 11.3 Å². The predicted molar refractivity (Wildman–Crippen MR) is 80.3 cm³/mol. The number of aromatic nitrogens is 2. The Hall–Kier alpha value is -1.85. The number of halogens is 1. The fraction of sp³-hybridized carbons (Fsp3) is 0.333. The molecule has 2 heterocycles. The molecule has 2 aromatic rings. The van der Waals surface area contributed by atoms with Gasteiger partial charge in [0.1, 0.15) is 0 Å². The summed E-state index contributed by atoms with van der Waals surface area (Å²) in [6.07, 6.45) is 5.17. The van der Waals surface area contributed by atoms with Gasteiger partial charge >= 0.3 is 11.1 Å². The van der Waals surface area contributed by atoms with Crippen LogP contribution in [0, 0.1) is 0 Å². The molecular formula is C15H15ClN2O3. The standard InChI is InChI=1S/C15H15ClN2O3/c16-11-3-5-12(6-4-11)18-8-7-17(14(19)15(18)20)10-13-2-1-9-21-13/h3-8,13H,1-2,9-10H2. The summed E-state index contributed by atoms with van der Waals surface area (Å²) >= 11 is 5.82. The minimum absolute atomic E-state index is 0.0217. The van der Waals surface area contributed by atoms with Crippen LogP contribution < -0.4 is 11.1 Å². The first kappa shape index (κ1) is 14.1. The van der Waals surface area contributed by atoms with Gasteiger partial charge in [0, 0.05) is 29.7 Å². The average Bonchev–Trinajstić information content (AvgIpc) is 2.98. The van der Waals surface area contributed by atoms with E-state index in [4.69, 9.17) is 16.3 Å². The Kier molecular flexibility index (Phi) is 3.94. The fourth-order valence-corrected chi connectivity index (χ4v) is 2.59. The van der Waals surface area contributed by atoms with Crippen molar-refractivity contribution in [3.05, 3.63) is 62.4 Å². The molecule has 5 nitrogen and oxygen atoms in total. The molecule has 1 fully saturated rings. The minimum Gasteiger partial charge on any atom is -0.376 e. The molecular weight excluding hydrogens is 292 g/mol. The topological polar surface area (TPSA) is 53.2 Å². The molecule has 21 heavy (non-hydrogen) atoms. The van der Waals surface area contributed by atoms with Crippen molar-refractivity contribution < 1.29 is 4.74 Å². The molecule has 6 heteroatoms. The van der Waals surface area contributed by atoms with Gasteiger partial charge in [0.2, 0.25) is 0 Å². The summed E-state index contributed by atoms with van der Waals surface area (Å²) in [4.78, 5) is 24.4. The highest BCUT2D eigenvalue weighted by molar-refractivity contribution is 6.30. The molecule has 1 saturated heterocycles. The van der Waals surface area contributed by atoms with Crippen molar-refractivity contribution >= 4 is 11.6 Å². The SMILES string of the molecule is O=c1c(=O)n(-c2ccc(Cl)cc2)ccn1CC1CCCO1. The molecule has 1 aliphatic rings. The Bertz CT molecular complexity index is 743. The zero-order valence-corrected chi connectivity index (χ0v) is 12.1. The number of benzene rings is 1. The van der Waals surface area contributed by atoms with Gasteiger partial charge in [-0.25, -0.2) is 0 Å². The van der Waals surface area contributed by atoms with Crippen molar-refractivity contribution in [2.75, 3.05) is 6.61 Å². The lowest BCUT2D eigenvalue weighted by molar-refractivity contribution is 0.0959. The van der Waals surface area contributed by atoms with Gasteiger partial charge in [0.05, 0.1) is 12.6 Å². The van der Waals surface area contributed by atoms with Gasteiger partial charge in [-0.3, -0.25) is 14.2 Å². The third-order valence-electron chi connectivity index (χ3n) is 3.59. The summed E-state index contributed by atoms with van der Waals surface area (Å²) in [5, 5.41) is 0.582. The van der Waals surface area contributed by atoms with E-state index in [1.807, 2.05) is 0 Å². The first-order valence-corrected chi connectivity index (χ1v) is 7.22. The van der Waals surface area contributed by atoms with Crippen molar-refractivity contribution in [2.45, 2.75) is 25.5 Å². The van der Waals surface area contributed by atoms with Gasteiger partial charge < -0.3 is 9.30 Å². The Balaban J connectivity index is 1.94. The maximum absolute atomic E-state index is 12.2. The molecule has 1 aromatic carbocycles. The van der Waals surface area contributed by atoms with Crippen LogP contribution in [0.5, 0.6) is 0 Å². The number of ether oxygens (including phenoxy) is 1. The highest BCUT2D eigenvalue weighted by Crippen LogP contribution is 2.13. The van der Waals surface area contributed by atoms with Gasteiger partial charge in [-0.2, -0.15) is 0 Å². The number of nitrogens with zero attached hydrogens (tertiary/aromatic N) is 2. The van der Waals surface area contributed by atoms with E-state index >= 15 is 0 Å². The summed E-state index contributed by atoms with van der Waals surface area (Å²) in [5.41, 5.74) is -0.494. The normalized spacial score (nSPS) is 18.0. The van der Waals surface area contributed by atoms with Gasteiger partial charge in [0.25, 0.3) is 0 Å². The second-order valence-electron chi connectivity index (χ2n) is 5.04. The maximum atomic E-state index is 12.2. The molecule has 1 atom stereocenters. The van der Waals surface area contributed by atoms with E-state index in [9.17, 15) is 9.59 Å². The smallest absolute Gasteiger partial charge is 0.320 e.